The lowest BCUT2D eigenvalue weighted by Gasteiger charge is -2.13. The van der Waals surface area contributed by atoms with E-state index in [0.29, 0.717) is 17.9 Å². The fourth-order valence-electron chi connectivity index (χ4n) is 1.78. The molecule has 0 spiro atoms. The Hall–Kier alpha value is -1.86. The summed E-state index contributed by atoms with van der Waals surface area (Å²) in [5.41, 5.74) is 1.14. The zero-order chi connectivity index (χ0) is 14.8. The number of carbonyl (C=O) groups is 1. The summed E-state index contributed by atoms with van der Waals surface area (Å²) in [4.78, 5) is 11.9. The highest BCUT2D eigenvalue weighted by atomic mass is 16.5. The van der Waals surface area contributed by atoms with Crippen molar-refractivity contribution in [2.24, 2.45) is 0 Å². The van der Waals surface area contributed by atoms with Gasteiger partial charge in [-0.05, 0) is 31.5 Å². The van der Waals surface area contributed by atoms with Crippen LogP contribution in [0.5, 0.6) is 0 Å². The lowest BCUT2D eigenvalue weighted by atomic mass is 10.2. The molecule has 0 bridgehead atoms. The van der Waals surface area contributed by atoms with Gasteiger partial charge in [0.2, 0.25) is 0 Å². The Bertz CT molecular complexity index is 466. The molecule has 0 aromatic heterocycles. The number of rotatable bonds is 8. The van der Waals surface area contributed by atoms with E-state index in [2.05, 4.69) is 12.2 Å². The van der Waals surface area contributed by atoms with Crippen LogP contribution in [0.25, 0.3) is 0 Å². The van der Waals surface area contributed by atoms with Crippen LogP contribution in [-0.2, 0) is 9.53 Å². The number of carbonyl (C=O) groups excluding carboxylic acids is 1. The van der Waals surface area contributed by atoms with E-state index in [-0.39, 0.29) is 5.91 Å². The van der Waals surface area contributed by atoms with Gasteiger partial charge < -0.3 is 10.1 Å². The normalized spacial score (nSPS) is 11.7. The second kappa shape index (κ2) is 9.11. The molecule has 0 aliphatic rings. The van der Waals surface area contributed by atoms with E-state index in [9.17, 15) is 4.79 Å². The number of nitrogens with one attached hydrogen (secondary N) is 1. The Morgan fingerprint density at radius 2 is 2.20 bits per heavy atom. The van der Waals surface area contributed by atoms with Crippen molar-refractivity contribution in [1.82, 2.24) is 0 Å². The van der Waals surface area contributed by atoms with E-state index in [1.54, 1.807) is 31.2 Å². The summed E-state index contributed by atoms with van der Waals surface area (Å²) in [5.74, 6) is -0.185. The van der Waals surface area contributed by atoms with Crippen LogP contribution in [0.15, 0.2) is 24.3 Å². The minimum Gasteiger partial charge on any atom is -0.369 e. The summed E-state index contributed by atoms with van der Waals surface area (Å²) >= 11 is 0. The Labute approximate surface area is 120 Å². The van der Waals surface area contributed by atoms with E-state index >= 15 is 0 Å². The molecule has 4 nitrogen and oxygen atoms in total. The molecule has 0 aliphatic carbocycles. The molecule has 108 valence electrons. The largest absolute Gasteiger partial charge is 0.369 e. The van der Waals surface area contributed by atoms with Crippen molar-refractivity contribution in [3.05, 3.63) is 29.8 Å². The summed E-state index contributed by atoms with van der Waals surface area (Å²) in [6.07, 6.45) is 4.02. The van der Waals surface area contributed by atoms with Crippen molar-refractivity contribution < 1.29 is 9.53 Å². The Morgan fingerprint density at radius 1 is 1.40 bits per heavy atom. The number of nitrogens with zero attached hydrogens (tertiary/aromatic N) is 1. The Morgan fingerprint density at radius 3 is 2.90 bits per heavy atom. The highest BCUT2D eigenvalue weighted by Gasteiger charge is 2.13. The fourth-order valence-corrected chi connectivity index (χ4v) is 1.78. The molecule has 0 radical (unpaired) electrons. The molecule has 1 aromatic carbocycles. The van der Waals surface area contributed by atoms with Gasteiger partial charge in [-0.25, -0.2) is 0 Å². The smallest absolute Gasteiger partial charge is 0.253 e. The van der Waals surface area contributed by atoms with Crippen molar-refractivity contribution in [2.45, 2.75) is 45.6 Å². The van der Waals surface area contributed by atoms with Crippen molar-refractivity contribution in [1.29, 1.82) is 5.26 Å². The van der Waals surface area contributed by atoms with Gasteiger partial charge in [0.25, 0.3) is 5.91 Å². The highest BCUT2D eigenvalue weighted by molar-refractivity contribution is 5.94. The molecule has 4 heteroatoms. The van der Waals surface area contributed by atoms with E-state index in [1.165, 1.54) is 12.8 Å². The van der Waals surface area contributed by atoms with Gasteiger partial charge in [-0.2, -0.15) is 5.26 Å². The van der Waals surface area contributed by atoms with Crippen LogP contribution in [0.3, 0.4) is 0 Å². The molecule has 0 fully saturated rings. The van der Waals surface area contributed by atoms with Crippen LogP contribution in [0.1, 0.15) is 45.1 Å². The second-order valence-electron chi connectivity index (χ2n) is 4.76. The first-order chi connectivity index (χ1) is 9.67. The summed E-state index contributed by atoms with van der Waals surface area (Å²) in [7, 11) is 0. The summed E-state index contributed by atoms with van der Waals surface area (Å²) in [5, 5.41) is 11.6. The van der Waals surface area contributed by atoms with Crippen LogP contribution in [0.2, 0.25) is 0 Å². The molecular weight excluding hydrogens is 252 g/mol. The van der Waals surface area contributed by atoms with Gasteiger partial charge in [0.1, 0.15) is 6.10 Å². The van der Waals surface area contributed by atoms with Crippen LogP contribution in [0, 0.1) is 11.3 Å². The summed E-state index contributed by atoms with van der Waals surface area (Å²) < 4.78 is 5.50. The zero-order valence-corrected chi connectivity index (χ0v) is 12.2. The Balaban J connectivity index is 2.35. The van der Waals surface area contributed by atoms with Gasteiger partial charge in [-0.1, -0.05) is 32.3 Å². The molecule has 0 heterocycles. The van der Waals surface area contributed by atoms with E-state index in [4.69, 9.17) is 10.00 Å². The number of amides is 1. The van der Waals surface area contributed by atoms with Gasteiger partial charge in [0, 0.05) is 12.3 Å². The molecule has 20 heavy (non-hydrogen) atoms. The van der Waals surface area contributed by atoms with Crippen LogP contribution in [-0.4, -0.2) is 18.6 Å². The number of unbranched alkanes of at least 4 members (excludes halogenated alkanes) is 3. The highest BCUT2D eigenvalue weighted by Crippen LogP contribution is 2.11. The van der Waals surface area contributed by atoms with E-state index < -0.39 is 6.10 Å². The van der Waals surface area contributed by atoms with E-state index in [1.807, 2.05) is 6.07 Å². The third-order valence-electron chi connectivity index (χ3n) is 2.99. The van der Waals surface area contributed by atoms with Gasteiger partial charge in [-0.15, -0.1) is 0 Å². The lowest BCUT2D eigenvalue weighted by Crippen LogP contribution is -2.28. The van der Waals surface area contributed by atoms with Crippen molar-refractivity contribution in [3.63, 3.8) is 0 Å². The van der Waals surface area contributed by atoms with Crippen LogP contribution >= 0.6 is 0 Å². The summed E-state index contributed by atoms with van der Waals surface area (Å²) in [6, 6.07) is 8.88. The first kappa shape index (κ1) is 16.2. The quantitative estimate of drug-likeness (QED) is 0.738. The maximum atomic E-state index is 11.9. The number of anilines is 1. The molecule has 0 saturated heterocycles. The predicted octanol–water partition coefficient (Wildman–Crippen LogP) is 3.48. The summed E-state index contributed by atoms with van der Waals surface area (Å²) in [6.45, 7) is 4.50. The molecule has 1 amide bonds. The average molecular weight is 274 g/mol. The topological polar surface area (TPSA) is 62.1 Å². The number of hydrogen-bond acceptors (Lipinski definition) is 3. The lowest BCUT2D eigenvalue weighted by molar-refractivity contribution is -0.126. The third-order valence-corrected chi connectivity index (χ3v) is 2.99. The SMILES string of the molecule is CCCCCCOC(C)C(=O)Nc1cccc(C#N)c1. The molecule has 1 rings (SSSR count). The first-order valence-electron chi connectivity index (χ1n) is 7.10. The van der Waals surface area contributed by atoms with Crippen LogP contribution in [0.4, 0.5) is 5.69 Å². The van der Waals surface area contributed by atoms with Gasteiger partial charge in [0.15, 0.2) is 0 Å². The molecule has 1 aromatic rings. The Kier molecular flexibility index (Phi) is 7.38. The molecule has 1 unspecified atom stereocenters. The monoisotopic (exact) mass is 274 g/mol. The minimum absolute atomic E-state index is 0.185. The molecule has 0 saturated carbocycles. The maximum Gasteiger partial charge on any atom is 0.253 e. The van der Waals surface area contributed by atoms with Crippen molar-refractivity contribution in [2.75, 3.05) is 11.9 Å². The third kappa shape index (κ3) is 5.85. The number of benzene rings is 1. The standard InChI is InChI=1S/C16H22N2O2/c1-3-4-5-6-10-20-13(2)16(19)18-15-9-7-8-14(11-15)12-17/h7-9,11,13H,3-6,10H2,1-2H3,(H,18,19). The first-order valence-corrected chi connectivity index (χ1v) is 7.10. The number of hydrogen-bond donors (Lipinski definition) is 1. The minimum atomic E-state index is -0.484. The van der Waals surface area contributed by atoms with E-state index in [0.717, 1.165) is 12.8 Å². The fraction of sp³-hybridized carbons (Fsp3) is 0.500. The van der Waals surface area contributed by atoms with Gasteiger partial charge in [0.05, 0.1) is 11.6 Å². The molecule has 0 aliphatic heterocycles. The van der Waals surface area contributed by atoms with Crippen LogP contribution < -0.4 is 5.32 Å². The van der Waals surface area contributed by atoms with Crippen molar-refractivity contribution in [3.8, 4) is 6.07 Å². The molecular formula is C16H22N2O2. The van der Waals surface area contributed by atoms with Gasteiger partial charge in [-0.3, -0.25) is 4.79 Å². The molecule has 1 atom stereocenters. The molecule has 1 N–H and O–H groups in total. The number of nitriles is 1. The zero-order valence-electron chi connectivity index (χ0n) is 12.2. The average Bonchev–Trinajstić information content (AvgIpc) is 2.47. The van der Waals surface area contributed by atoms with Crippen molar-refractivity contribution >= 4 is 11.6 Å². The second-order valence-corrected chi connectivity index (χ2v) is 4.76. The predicted molar refractivity (Wildman–Crippen MR) is 79.3 cm³/mol. The van der Waals surface area contributed by atoms with Gasteiger partial charge >= 0.3 is 0 Å². The number of ether oxygens (including phenoxy) is 1. The maximum absolute atomic E-state index is 11.9.